The molecule has 1 aromatic heterocycles. The third-order valence-corrected chi connectivity index (χ3v) is 3.82. The molecule has 0 aliphatic heterocycles. The molecule has 1 heterocycles. The van der Waals surface area contributed by atoms with Crippen LogP contribution < -0.4 is 15.4 Å². The second kappa shape index (κ2) is 8.64. The van der Waals surface area contributed by atoms with Gasteiger partial charge in [-0.05, 0) is 29.3 Å². The fraction of sp³-hybridized carbons (Fsp3) is 0.143. The zero-order chi connectivity index (χ0) is 19.9. The first-order chi connectivity index (χ1) is 13.5. The van der Waals surface area contributed by atoms with Gasteiger partial charge in [-0.2, -0.15) is 20.2 Å². The summed E-state index contributed by atoms with van der Waals surface area (Å²) in [7, 11) is 3.59. The highest BCUT2D eigenvalue weighted by Gasteiger charge is 2.11. The summed E-state index contributed by atoms with van der Waals surface area (Å²) in [5.74, 6) is 1.40. The number of hydrogen-bond donors (Lipinski definition) is 1. The number of hydrogen-bond acceptors (Lipinski definition) is 7. The Hall–Kier alpha value is -3.92. The quantitative estimate of drug-likeness (QED) is 0.663. The molecule has 3 rings (SSSR count). The minimum atomic E-state index is 0.0646. The van der Waals surface area contributed by atoms with Crippen molar-refractivity contribution in [2.45, 2.75) is 6.61 Å². The Kier molecular flexibility index (Phi) is 5.82. The Morgan fingerprint density at radius 1 is 1.11 bits per heavy atom. The molecule has 140 valence electrons. The van der Waals surface area contributed by atoms with Gasteiger partial charge in [-0.3, -0.25) is 0 Å². The molecule has 0 radical (unpaired) electrons. The van der Waals surface area contributed by atoms with Crippen LogP contribution in [0, 0.1) is 11.3 Å². The van der Waals surface area contributed by atoms with Crippen LogP contribution in [0.3, 0.4) is 0 Å². The molecule has 0 unspecified atom stereocenters. The number of benzene rings is 2. The molecule has 0 fully saturated rings. The maximum Gasteiger partial charge on any atom is 0.230 e. The van der Waals surface area contributed by atoms with Gasteiger partial charge >= 0.3 is 0 Å². The number of anilines is 2. The predicted molar refractivity (Wildman–Crippen MR) is 109 cm³/mol. The maximum atomic E-state index is 9.58. The van der Waals surface area contributed by atoms with Gasteiger partial charge < -0.3 is 15.4 Å². The fourth-order valence-corrected chi connectivity index (χ4v) is 2.45. The third kappa shape index (κ3) is 4.83. The lowest BCUT2D eigenvalue weighted by Crippen LogP contribution is -2.15. The zero-order valence-electron chi connectivity index (χ0n) is 15.7. The van der Waals surface area contributed by atoms with Crippen LogP contribution >= 0.6 is 0 Å². The average molecular weight is 372 g/mol. The van der Waals surface area contributed by atoms with Crippen LogP contribution in [0.1, 0.15) is 17.0 Å². The van der Waals surface area contributed by atoms with Crippen molar-refractivity contribution in [3.8, 4) is 11.8 Å². The number of aromatic nitrogens is 3. The van der Waals surface area contributed by atoms with E-state index in [1.54, 1.807) is 25.1 Å². The number of nitrogen functional groups attached to an aromatic ring is 1. The molecule has 2 aromatic carbocycles. The van der Waals surface area contributed by atoms with Gasteiger partial charge in [-0.15, -0.1) is 0 Å². The van der Waals surface area contributed by atoms with Gasteiger partial charge in [-0.25, -0.2) is 0 Å². The van der Waals surface area contributed by atoms with Crippen molar-refractivity contribution in [2.24, 2.45) is 0 Å². The van der Waals surface area contributed by atoms with Crippen molar-refractivity contribution >= 4 is 23.5 Å². The highest BCUT2D eigenvalue weighted by Crippen LogP contribution is 2.21. The number of rotatable bonds is 6. The first-order valence-corrected chi connectivity index (χ1v) is 8.63. The summed E-state index contributed by atoms with van der Waals surface area (Å²) in [5.41, 5.74) is 7.93. The van der Waals surface area contributed by atoms with E-state index in [2.05, 4.69) is 21.0 Å². The van der Waals surface area contributed by atoms with Crippen LogP contribution in [0.2, 0.25) is 0 Å². The summed E-state index contributed by atoms with van der Waals surface area (Å²) in [5, 5.41) is 9.58. The van der Waals surface area contributed by atoms with Crippen molar-refractivity contribution in [2.75, 3.05) is 24.7 Å². The molecule has 2 N–H and O–H groups in total. The van der Waals surface area contributed by atoms with Crippen LogP contribution in [0.25, 0.3) is 11.6 Å². The molecular formula is C21H20N6O. The molecule has 0 bridgehead atoms. The SMILES string of the molecule is CN(C)c1nc(N)nc(/C(C#N)=C/c2cccc(OCc3ccccc3)c2)n1. The van der Waals surface area contributed by atoms with Crippen molar-refractivity contribution in [1.29, 1.82) is 5.26 Å². The number of ether oxygens (including phenoxy) is 1. The first-order valence-electron chi connectivity index (χ1n) is 8.63. The summed E-state index contributed by atoms with van der Waals surface area (Å²) >= 11 is 0. The molecular weight excluding hydrogens is 352 g/mol. The van der Waals surface area contributed by atoms with Gasteiger partial charge in [0.2, 0.25) is 11.9 Å². The Bertz CT molecular complexity index is 1020. The van der Waals surface area contributed by atoms with E-state index >= 15 is 0 Å². The molecule has 0 saturated carbocycles. The largest absolute Gasteiger partial charge is 0.489 e. The third-order valence-electron chi connectivity index (χ3n) is 3.82. The van der Waals surface area contributed by atoms with E-state index in [0.29, 0.717) is 18.3 Å². The van der Waals surface area contributed by atoms with E-state index in [9.17, 15) is 5.26 Å². The smallest absolute Gasteiger partial charge is 0.230 e. The van der Waals surface area contributed by atoms with Crippen molar-refractivity contribution in [1.82, 2.24) is 15.0 Å². The van der Waals surface area contributed by atoms with Crippen LogP contribution in [0.4, 0.5) is 11.9 Å². The van der Waals surface area contributed by atoms with E-state index in [4.69, 9.17) is 10.5 Å². The summed E-state index contributed by atoms with van der Waals surface area (Å²) in [4.78, 5) is 14.1. The Morgan fingerprint density at radius 2 is 1.89 bits per heavy atom. The molecule has 0 amide bonds. The second-order valence-electron chi connectivity index (χ2n) is 6.23. The molecule has 0 atom stereocenters. The Morgan fingerprint density at radius 3 is 2.61 bits per heavy atom. The summed E-state index contributed by atoms with van der Waals surface area (Å²) < 4.78 is 5.84. The normalized spacial score (nSPS) is 11.0. The van der Waals surface area contributed by atoms with Crippen LogP contribution in [-0.4, -0.2) is 29.0 Å². The van der Waals surface area contributed by atoms with Crippen LogP contribution in [0.15, 0.2) is 54.6 Å². The molecule has 7 heteroatoms. The van der Waals surface area contributed by atoms with E-state index < -0.39 is 0 Å². The van der Waals surface area contributed by atoms with E-state index in [0.717, 1.165) is 11.1 Å². The monoisotopic (exact) mass is 372 g/mol. The standard InChI is InChI=1S/C21H20N6O/c1-27(2)21-25-19(24-20(23)26-21)17(13-22)11-16-9-6-10-18(12-16)28-14-15-7-4-3-5-8-15/h3-12H,14H2,1-2H3,(H2,23,24,25,26)/b17-11+. The minimum absolute atomic E-state index is 0.0646. The van der Waals surface area contributed by atoms with Gasteiger partial charge in [0.15, 0.2) is 5.82 Å². The molecule has 0 saturated heterocycles. The van der Waals surface area contributed by atoms with Crippen LogP contribution in [-0.2, 0) is 6.61 Å². The molecule has 7 nitrogen and oxygen atoms in total. The molecule has 3 aromatic rings. The van der Waals surface area contributed by atoms with E-state index in [1.165, 1.54) is 0 Å². The first kappa shape index (κ1) is 18.9. The molecule has 0 spiro atoms. The maximum absolute atomic E-state index is 9.58. The Labute approximate surface area is 163 Å². The lowest BCUT2D eigenvalue weighted by atomic mass is 10.1. The van der Waals surface area contributed by atoms with Crippen LogP contribution in [0.5, 0.6) is 5.75 Å². The zero-order valence-corrected chi connectivity index (χ0v) is 15.7. The summed E-state index contributed by atoms with van der Waals surface area (Å²) in [6, 6.07) is 19.5. The number of nitrogens with zero attached hydrogens (tertiary/aromatic N) is 5. The Balaban J connectivity index is 1.84. The van der Waals surface area contributed by atoms with Gasteiger partial charge in [0.05, 0.1) is 5.57 Å². The van der Waals surface area contributed by atoms with Crippen molar-refractivity contribution in [3.05, 3.63) is 71.5 Å². The molecule has 28 heavy (non-hydrogen) atoms. The van der Waals surface area contributed by atoms with Crippen molar-refractivity contribution in [3.63, 3.8) is 0 Å². The number of allylic oxidation sites excluding steroid dienone is 1. The van der Waals surface area contributed by atoms with Gasteiger partial charge in [0, 0.05) is 14.1 Å². The van der Waals surface area contributed by atoms with Gasteiger partial charge in [0.1, 0.15) is 18.4 Å². The van der Waals surface area contributed by atoms with E-state index in [1.807, 2.05) is 54.6 Å². The lowest BCUT2D eigenvalue weighted by molar-refractivity contribution is 0.306. The highest BCUT2D eigenvalue weighted by molar-refractivity contribution is 5.87. The summed E-state index contributed by atoms with van der Waals surface area (Å²) in [6.45, 7) is 0.468. The summed E-state index contributed by atoms with van der Waals surface area (Å²) in [6.07, 6.45) is 1.70. The lowest BCUT2D eigenvalue weighted by Gasteiger charge is -2.11. The molecule has 0 aliphatic rings. The minimum Gasteiger partial charge on any atom is -0.489 e. The number of nitrogens with two attached hydrogens (primary N) is 1. The van der Waals surface area contributed by atoms with Gasteiger partial charge in [0.25, 0.3) is 0 Å². The fourth-order valence-electron chi connectivity index (χ4n) is 2.45. The highest BCUT2D eigenvalue weighted by atomic mass is 16.5. The average Bonchev–Trinajstić information content (AvgIpc) is 2.71. The van der Waals surface area contributed by atoms with E-state index in [-0.39, 0.29) is 17.3 Å². The predicted octanol–water partition coefficient (Wildman–Crippen LogP) is 3.16. The molecule has 0 aliphatic carbocycles. The van der Waals surface area contributed by atoms with Gasteiger partial charge in [-0.1, -0.05) is 42.5 Å². The second-order valence-corrected chi connectivity index (χ2v) is 6.23. The van der Waals surface area contributed by atoms with Crippen molar-refractivity contribution < 1.29 is 4.74 Å². The number of nitriles is 1. The topological polar surface area (TPSA) is 101 Å².